The Labute approximate surface area is 163 Å². The average Bonchev–Trinajstić information content (AvgIpc) is 3.05. The Balaban J connectivity index is 0.00000243. The van der Waals surface area contributed by atoms with Gasteiger partial charge in [-0.1, -0.05) is 26.8 Å². The summed E-state index contributed by atoms with van der Waals surface area (Å²) in [6.45, 7) is 6.89. The number of halogens is 2. The molecule has 1 atom stereocenters. The molecule has 1 aromatic rings. The molecule has 0 bridgehead atoms. The Hall–Kier alpha value is -1.31. The SMILES string of the molecule is CC(C)(C)C(=O)N1CSCC1C(=O)Nc1ccc2c(c1F)CCNC2.Cl. The van der Waals surface area contributed by atoms with Crippen molar-refractivity contribution in [2.75, 3.05) is 23.5 Å². The molecular weight excluding hydrogens is 377 g/mol. The minimum Gasteiger partial charge on any atom is -0.322 e. The summed E-state index contributed by atoms with van der Waals surface area (Å²) < 4.78 is 14.7. The molecule has 2 amide bonds. The minimum atomic E-state index is -0.561. The van der Waals surface area contributed by atoms with Crippen LogP contribution in [0.2, 0.25) is 0 Å². The van der Waals surface area contributed by atoms with E-state index in [1.807, 2.05) is 26.8 Å². The van der Waals surface area contributed by atoms with Crippen molar-refractivity contribution in [1.82, 2.24) is 10.2 Å². The molecule has 2 N–H and O–H groups in total. The third-order valence-electron chi connectivity index (χ3n) is 4.55. The zero-order valence-electron chi connectivity index (χ0n) is 15.2. The van der Waals surface area contributed by atoms with Gasteiger partial charge in [-0.25, -0.2) is 4.39 Å². The summed E-state index contributed by atoms with van der Waals surface area (Å²) in [6.07, 6.45) is 0.610. The number of nitrogens with zero attached hydrogens (tertiary/aromatic N) is 1. The van der Waals surface area contributed by atoms with Gasteiger partial charge in [-0.05, 0) is 30.2 Å². The second-order valence-electron chi connectivity index (χ2n) is 7.52. The standard InChI is InChI=1S/C18H24FN3O2S.ClH/c1-18(2,3)17(24)22-10-25-9-14(22)16(23)21-13-5-4-11-8-20-7-6-12(11)15(13)19;/h4-5,14,20H,6-10H2,1-3H3,(H,21,23);1H. The van der Waals surface area contributed by atoms with Gasteiger partial charge >= 0.3 is 0 Å². The van der Waals surface area contributed by atoms with E-state index in [1.54, 1.807) is 22.7 Å². The molecule has 8 heteroatoms. The van der Waals surface area contributed by atoms with E-state index in [2.05, 4.69) is 10.6 Å². The van der Waals surface area contributed by atoms with Crippen molar-refractivity contribution in [2.45, 2.75) is 39.8 Å². The summed E-state index contributed by atoms with van der Waals surface area (Å²) in [5, 5.41) is 5.90. The van der Waals surface area contributed by atoms with Gasteiger partial charge in [0.05, 0.1) is 11.6 Å². The Morgan fingerprint density at radius 3 is 2.77 bits per heavy atom. The topological polar surface area (TPSA) is 61.4 Å². The molecule has 0 radical (unpaired) electrons. The van der Waals surface area contributed by atoms with Crippen LogP contribution in [-0.4, -0.2) is 40.9 Å². The van der Waals surface area contributed by atoms with E-state index in [-0.39, 0.29) is 35.7 Å². The summed E-state index contributed by atoms with van der Waals surface area (Å²) in [7, 11) is 0. The van der Waals surface area contributed by atoms with E-state index in [0.717, 1.165) is 12.1 Å². The monoisotopic (exact) mass is 401 g/mol. The number of thioether (sulfide) groups is 1. The molecule has 0 aromatic heterocycles. The van der Waals surface area contributed by atoms with Crippen LogP contribution in [-0.2, 0) is 22.6 Å². The van der Waals surface area contributed by atoms with Crippen molar-refractivity contribution in [1.29, 1.82) is 0 Å². The lowest BCUT2D eigenvalue weighted by Gasteiger charge is -2.29. The van der Waals surface area contributed by atoms with Crippen LogP contribution < -0.4 is 10.6 Å². The van der Waals surface area contributed by atoms with Crippen molar-refractivity contribution in [3.63, 3.8) is 0 Å². The molecule has 3 rings (SSSR count). The van der Waals surface area contributed by atoms with Crippen molar-refractivity contribution in [3.05, 3.63) is 29.1 Å². The van der Waals surface area contributed by atoms with E-state index < -0.39 is 11.5 Å². The lowest BCUT2D eigenvalue weighted by atomic mass is 9.94. The van der Waals surface area contributed by atoms with Gasteiger partial charge < -0.3 is 15.5 Å². The molecule has 1 unspecified atom stereocenters. The highest BCUT2D eigenvalue weighted by Crippen LogP contribution is 2.29. The van der Waals surface area contributed by atoms with Gasteiger partial charge in [0, 0.05) is 17.7 Å². The molecule has 1 aromatic carbocycles. The predicted molar refractivity (Wildman–Crippen MR) is 105 cm³/mol. The summed E-state index contributed by atoms with van der Waals surface area (Å²) in [5.41, 5.74) is 1.25. The number of hydrogen-bond donors (Lipinski definition) is 2. The van der Waals surface area contributed by atoms with E-state index in [4.69, 9.17) is 0 Å². The number of hydrogen-bond acceptors (Lipinski definition) is 4. The highest BCUT2D eigenvalue weighted by molar-refractivity contribution is 7.99. The van der Waals surface area contributed by atoms with Crippen LogP contribution in [0.1, 0.15) is 31.9 Å². The Morgan fingerprint density at radius 1 is 1.35 bits per heavy atom. The van der Waals surface area contributed by atoms with Crippen LogP contribution in [0, 0.1) is 11.2 Å². The summed E-state index contributed by atoms with van der Waals surface area (Å²) in [5.74, 6) is 0.285. The number of carbonyl (C=O) groups is 2. The predicted octanol–water partition coefficient (Wildman–Crippen LogP) is 2.78. The van der Waals surface area contributed by atoms with Crippen LogP contribution in [0.4, 0.5) is 10.1 Å². The molecule has 26 heavy (non-hydrogen) atoms. The van der Waals surface area contributed by atoms with Crippen LogP contribution in [0.5, 0.6) is 0 Å². The summed E-state index contributed by atoms with van der Waals surface area (Å²) in [6, 6.07) is 2.90. The molecule has 0 spiro atoms. The summed E-state index contributed by atoms with van der Waals surface area (Å²) in [4.78, 5) is 26.8. The third-order valence-corrected chi connectivity index (χ3v) is 5.56. The van der Waals surface area contributed by atoms with Gasteiger partial charge in [0.1, 0.15) is 11.9 Å². The van der Waals surface area contributed by atoms with Gasteiger partial charge in [-0.2, -0.15) is 0 Å². The Kier molecular flexibility index (Phi) is 6.58. The maximum atomic E-state index is 14.7. The first kappa shape index (κ1) is 21.0. The molecule has 2 heterocycles. The highest BCUT2D eigenvalue weighted by Gasteiger charge is 2.39. The summed E-state index contributed by atoms with van der Waals surface area (Å²) >= 11 is 1.54. The lowest BCUT2D eigenvalue weighted by Crippen LogP contribution is -2.48. The van der Waals surface area contributed by atoms with Crippen molar-refractivity contribution in [2.24, 2.45) is 5.41 Å². The molecule has 1 saturated heterocycles. The van der Waals surface area contributed by atoms with Crippen LogP contribution in [0.3, 0.4) is 0 Å². The van der Waals surface area contributed by atoms with Crippen molar-refractivity contribution in [3.8, 4) is 0 Å². The average molecular weight is 402 g/mol. The van der Waals surface area contributed by atoms with Crippen LogP contribution >= 0.6 is 24.2 Å². The van der Waals surface area contributed by atoms with Gasteiger partial charge in [-0.15, -0.1) is 24.2 Å². The van der Waals surface area contributed by atoms with Crippen molar-refractivity contribution >= 4 is 41.7 Å². The minimum absolute atomic E-state index is 0. The largest absolute Gasteiger partial charge is 0.322 e. The van der Waals surface area contributed by atoms with Crippen molar-refractivity contribution < 1.29 is 14.0 Å². The fourth-order valence-corrected chi connectivity index (χ4v) is 4.29. The second kappa shape index (κ2) is 8.15. The number of anilines is 1. The number of amides is 2. The number of fused-ring (bicyclic) bond motifs is 1. The first-order chi connectivity index (χ1) is 11.8. The molecular formula is C18H25ClFN3O2S. The first-order valence-electron chi connectivity index (χ1n) is 8.49. The Morgan fingerprint density at radius 2 is 2.08 bits per heavy atom. The van der Waals surface area contributed by atoms with Gasteiger partial charge in [0.2, 0.25) is 11.8 Å². The molecule has 5 nitrogen and oxygen atoms in total. The lowest BCUT2D eigenvalue weighted by molar-refractivity contribution is -0.143. The Bertz CT molecular complexity index is 708. The van der Waals surface area contributed by atoms with E-state index in [9.17, 15) is 14.0 Å². The highest BCUT2D eigenvalue weighted by atomic mass is 35.5. The van der Waals surface area contributed by atoms with Crippen LogP contribution in [0.25, 0.3) is 0 Å². The van der Waals surface area contributed by atoms with E-state index in [0.29, 0.717) is 30.2 Å². The molecule has 0 saturated carbocycles. The zero-order valence-corrected chi connectivity index (χ0v) is 16.9. The van der Waals surface area contributed by atoms with Gasteiger partial charge in [-0.3, -0.25) is 9.59 Å². The fraction of sp³-hybridized carbons (Fsp3) is 0.556. The van der Waals surface area contributed by atoms with Gasteiger partial charge in [0.25, 0.3) is 0 Å². The van der Waals surface area contributed by atoms with Gasteiger partial charge in [0.15, 0.2) is 0 Å². The first-order valence-corrected chi connectivity index (χ1v) is 9.65. The molecule has 0 aliphatic carbocycles. The quantitative estimate of drug-likeness (QED) is 0.800. The number of nitrogens with one attached hydrogen (secondary N) is 2. The zero-order chi connectivity index (χ0) is 18.2. The molecule has 1 fully saturated rings. The van der Waals surface area contributed by atoms with Crippen LogP contribution in [0.15, 0.2) is 12.1 Å². The maximum Gasteiger partial charge on any atom is 0.248 e. The number of rotatable bonds is 2. The fourth-order valence-electron chi connectivity index (χ4n) is 3.14. The number of carbonyl (C=O) groups excluding carboxylic acids is 2. The smallest absolute Gasteiger partial charge is 0.248 e. The normalized spacial score (nSPS) is 19.5. The molecule has 2 aliphatic rings. The number of benzene rings is 1. The maximum absolute atomic E-state index is 14.7. The third kappa shape index (κ3) is 4.15. The second-order valence-corrected chi connectivity index (χ2v) is 8.52. The molecule has 144 valence electrons. The van der Waals surface area contributed by atoms with E-state index in [1.165, 1.54) is 0 Å². The molecule has 2 aliphatic heterocycles. The van der Waals surface area contributed by atoms with E-state index >= 15 is 0 Å².